The second-order valence-electron chi connectivity index (χ2n) is 10.2. The molecule has 3 atom stereocenters. The Labute approximate surface area is 203 Å². The van der Waals surface area contributed by atoms with Crippen molar-refractivity contribution >= 4 is 11.6 Å². The lowest BCUT2D eigenvalue weighted by atomic mass is 9.77. The van der Waals surface area contributed by atoms with E-state index in [-0.39, 0.29) is 11.9 Å². The number of hydrogen-bond donors (Lipinski definition) is 1. The third-order valence-electron chi connectivity index (χ3n) is 8.23. The summed E-state index contributed by atoms with van der Waals surface area (Å²) >= 11 is 0. The Balaban J connectivity index is 1.45. The summed E-state index contributed by atoms with van der Waals surface area (Å²) in [6.07, 6.45) is 4.67. The zero-order chi connectivity index (χ0) is 24.0. The van der Waals surface area contributed by atoms with E-state index in [0.29, 0.717) is 17.6 Å². The van der Waals surface area contributed by atoms with Crippen LogP contribution in [0.4, 0.5) is 5.69 Å². The van der Waals surface area contributed by atoms with Gasteiger partial charge in [0.15, 0.2) is 0 Å². The molecule has 0 aromatic heterocycles. The number of hydrogen-bond acceptors (Lipinski definition) is 5. The Hall–Kier alpha value is -2.73. The molecule has 2 aromatic rings. The highest BCUT2D eigenvalue weighted by Crippen LogP contribution is 2.58. The largest absolute Gasteiger partial charge is 0.507 e. The Bertz CT molecular complexity index is 1080. The number of ether oxygens (including phenoxy) is 1. The highest BCUT2D eigenvalue weighted by Gasteiger charge is 2.49. The zero-order valence-electron chi connectivity index (χ0n) is 20.9. The number of anilines is 1. The van der Waals surface area contributed by atoms with Crippen molar-refractivity contribution in [2.75, 3.05) is 38.2 Å². The molecule has 34 heavy (non-hydrogen) atoms. The lowest BCUT2D eigenvalue weighted by molar-refractivity contribution is -0.158. The molecule has 1 amide bonds. The molecule has 182 valence electrons. The number of fused-ring (bicyclic) bond motifs is 3. The Morgan fingerprint density at radius 2 is 1.76 bits per heavy atom. The lowest BCUT2D eigenvalue weighted by Crippen LogP contribution is -2.57. The van der Waals surface area contributed by atoms with Crippen molar-refractivity contribution in [3.63, 3.8) is 0 Å². The van der Waals surface area contributed by atoms with Crippen molar-refractivity contribution in [2.45, 2.75) is 58.4 Å². The maximum absolute atomic E-state index is 13.2. The van der Waals surface area contributed by atoms with Gasteiger partial charge in [0.2, 0.25) is 5.91 Å². The van der Waals surface area contributed by atoms with E-state index in [9.17, 15) is 9.90 Å². The van der Waals surface area contributed by atoms with Gasteiger partial charge < -0.3 is 14.7 Å². The maximum Gasteiger partial charge on any atom is 0.234 e. The van der Waals surface area contributed by atoms with Crippen LogP contribution < -0.4 is 9.64 Å². The molecule has 5 rings (SSSR count). The summed E-state index contributed by atoms with van der Waals surface area (Å²) in [5, 5.41) is 15.5. The summed E-state index contributed by atoms with van der Waals surface area (Å²) in [7, 11) is 1.69. The quantitative estimate of drug-likeness (QED) is 0.697. The monoisotopic (exact) mass is 463 g/mol. The number of hydrazine groups is 1. The Morgan fingerprint density at radius 1 is 1.03 bits per heavy atom. The van der Waals surface area contributed by atoms with E-state index in [1.54, 1.807) is 14.0 Å². The molecule has 1 heterocycles. The summed E-state index contributed by atoms with van der Waals surface area (Å²) < 4.78 is 5.40. The number of aryl methyl sites for hydroxylation is 2. The topological polar surface area (TPSA) is 56.2 Å². The second-order valence-corrected chi connectivity index (χ2v) is 10.2. The summed E-state index contributed by atoms with van der Waals surface area (Å²) in [5.74, 6) is 2.12. The average Bonchev–Trinajstić information content (AvgIpc) is 3.18. The normalized spacial score (nSPS) is 24.5. The van der Waals surface area contributed by atoms with Crippen molar-refractivity contribution in [1.29, 1.82) is 0 Å². The number of nitrogens with zero attached hydrogens (tertiary/aromatic N) is 3. The van der Waals surface area contributed by atoms with E-state index in [4.69, 9.17) is 4.74 Å². The number of carbonyl (C=O) groups excluding carboxylic acids is 1. The molecular weight excluding hydrogens is 426 g/mol. The van der Waals surface area contributed by atoms with Gasteiger partial charge in [-0.05, 0) is 67.3 Å². The number of piperazine rings is 1. The molecule has 0 radical (unpaired) electrons. The first-order chi connectivity index (χ1) is 16.4. The summed E-state index contributed by atoms with van der Waals surface area (Å²) in [6, 6.07) is 10.2. The fraction of sp³-hybridized carbons (Fsp3) is 0.536. The van der Waals surface area contributed by atoms with Crippen molar-refractivity contribution in [2.24, 2.45) is 5.92 Å². The minimum absolute atomic E-state index is 0.0653. The number of phenols is 1. The number of amides is 1. The van der Waals surface area contributed by atoms with Gasteiger partial charge in [-0.3, -0.25) is 9.80 Å². The average molecular weight is 464 g/mol. The van der Waals surface area contributed by atoms with Crippen molar-refractivity contribution in [1.82, 2.24) is 10.0 Å². The molecule has 2 fully saturated rings. The Kier molecular flexibility index (Phi) is 6.19. The van der Waals surface area contributed by atoms with Crippen LogP contribution in [0.2, 0.25) is 0 Å². The second kappa shape index (κ2) is 9.14. The first kappa shape index (κ1) is 23.0. The first-order valence-corrected chi connectivity index (χ1v) is 12.7. The van der Waals surface area contributed by atoms with Gasteiger partial charge in [-0.25, -0.2) is 5.01 Å². The number of phenolic OH excluding ortho intramolecular Hbond substituents is 1. The van der Waals surface area contributed by atoms with Gasteiger partial charge in [0.05, 0.1) is 13.2 Å². The third-order valence-corrected chi connectivity index (χ3v) is 8.23. The highest BCUT2D eigenvalue weighted by atomic mass is 16.5. The van der Waals surface area contributed by atoms with Crippen LogP contribution in [-0.4, -0.2) is 54.3 Å². The number of methoxy groups -OCH3 is 1. The maximum atomic E-state index is 13.2. The van der Waals surface area contributed by atoms with Crippen molar-refractivity contribution in [3.8, 4) is 11.5 Å². The lowest BCUT2D eigenvalue weighted by Gasteiger charge is -2.46. The molecule has 2 aliphatic carbocycles. The highest BCUT2D eigenvalue weighted by molar-refractivity contribution is 5.74. The Morgan fingerprint density at radius 3 is 2.47 bits per heavy atom. The molecule has 1 aliphatic heterocycles. The first-order valence-electron chi connectivity index (χ1n) is 12.7. The molecule has 1 saturated carbocycles. The van der Waals surface area contributed by atoms with E-state index >= 15 is 0 Å². The van der Waals surface area contributed by atoms with Gasteiger partial charge in [0.1, 0.15) is 11.5 Å². The molecule has 2 aromatic carbocycles. The van der Waals surface area contributed by atoms with Crippen molar-refractivity contribution in [3.05, 3.63) is 52.6 Å². The van der Waals surface area contributed by atoms with Crippen LogP contribution in [-0.2, 0) is 4.79 Å². The van der Waals surface area contributed by atoms with Crippen LogP contribution in [0.3, 0.4) is 0 Å². The van der Waals surface area contributed by atoms with Gasteiger partial charge in [-0.1, -0.05) is 25.0 Å². The van der Waals surface area contributed by atoms with Gasteiger partial charge in [-0.2, -0.15) is 0 Å². The molecule has 0 spiro atoms. The minimum atomic E-state index is -0.0835. The molecule has 3 aliphatic rings. The molecule has 1 saturated heterocycles. The number of aromatic hydroxyl groups is 1. The number of carbonyl (C=O) groups is 1. The van der Waals surface area contributed by atoms with E-state index in [1.807, 2.05) is 24.1 Å². The number of rotatable bonds is 4. The van der Waals surface area contributed by atoms with E-state index < -0.39 is 0 Å². The zero-order valence-corrected chi connectivity index (χ0v) is 20.9. The molecule has 0 bridgehead atoms. The SMILES string of the molecule is COc1cccc(N2CCN(N(C(C)=O)C3c4c(O)c(C)cc(C)c4C4CCCCC43)CC2)c1. The summed E-state index contributed by atoms with van der Waals surface area (Å²) in [6.45, 7) is 9.05. The molecule has 3 unspecified atom stereocenters. The third kappa shape index (κ3) is 3.82. The van der Waals surface area contributed by atoms with Crippen LogP contribution in [0.1, 0.15) is 66.8 Å². The molecule has 6 nitrogen and oxygen atoms in total. The van der Waals surface area contributed by atoms with Crippen LogP contribution in [0.5, 0.6) is 11.5 Å². The fourth-order valence-electron chi connectivity index (χ4n) is 6.78. The fourth-order valence-corrected chi connectivity index (χ4v) is 6.78. The van der Waals surface area contributed by atoms with Gasteiger partial charge >= 0.3 is 0 Å². The van der Waals surface area contributed by atoms with Gasteiger partial charge in [-0.15, -0.1) is 0 Å². The smallest absolute Gasteiger partial charge is 0.234 e. The van der Waals surface area contributed by atoms with E-state index in [1.165, 1.54) is 24.0 Å². The van der Waals surface area contributed by atoms with E-state index in [0.717, 1.165) is 61.6 Å². The van der Waals surface area contributed by atoms with Crippen molar-refractivity contribution < 1.29 is 14.6 Å². The van der Waals surface area contributed by atoms with Crippen LogP contribution in [0.15, 0.2) is 30.3 Å². The predicted molar refractivity (Wildman–Crippen MR) is 134 cm³/mol. The summed E-state index contributed by atoms with van der Waals surface area (Å²) in [4.78, 5) is 15.6. The molecular formula is C28H37N3O3. The van der Waals surface area contributed by atoms with Crippen LogP contribution in [0, 0.1) is 19.8 Å². The molecule has 6 heteroatoms. The minimum Gasteiger partial charge on any atom is -0.507 e. The van der Waals surface area contributed by atoms with Gasteiger partial charge in [0, 0.05) is 50.4 Å². The molecule has 1 N–H and O–H groups in total. The standard InChI is InChI=1S/C28H37N3O3/c1-18-16-19(2)28(33)26-25(18)23-10-5-6-11-24(23)27(26)31(20(3)32)30-14-12-29(13-15-30)21-8-7-9-22(17-21)34-4/h7-9,16-17,23-24,27,33H,5-6,10-15H2,1-4H3. The predicted octanol–water partition coefficient (Wildman–Crippen LogP) is 4.93. The number of benzene rings is 2. The van der Waals surface area contributed by atoms with Crippen LogP contribution >= 0.6 is 0 Å². The van der Waals surface area contributed by atoms with E-state index in [2.05, 4.69) is 35.0 Å². The summed E-state index contributed by atoms with van der Waals surface area (Å²) in [5.41, 5.74) is 5.64. The van der Waals surface area contributed by atoms with Crippen LogP contribution in [0.25, 0.3) is 0 Å². The van der Waals surface area contributed by atoms with Gasteiger partial charge in [0.25, 0.3) is 0 Å².